The van der Waals surface area contributed by atoms with Crippen molar-refractivity contribution in [3.05, 3.63) is 65.1 Å². The lowest BCUT2D eigenvalue weighted by Crippen LogP contribution is -2.24. The summed E-state index contributed by atoms with van der Waals surface area (Å²) in [7, 11) is 1.75. The molecule has 2 N–H and O–H groups in total. The molecule has 0 saturated carbocycles. The van der Waals surface area contributed by atoms with E-state index in [1.165, 1.54) is 6.08 Å². The van der Waals surface area contributed by atoms with Crippen LogP contribution in [0.15, 0.2) is 47.0 Å². The van der Waals surface area contributed by atoms with Gasteiger partial charge in [-0.05, 0) is 36.3 Å². The molecule has 1 aliphatic rings. The quantitative estimate of drug-likeness (QED) is 0.651. The molecule has 1 aliphatic heterocycles. The van der Waals surface area contributed by atoms with Crippen molar-refractivity contribution < 1.29 is 19.1 Å². The molecule has 1 atom stereocenters. The Morgan fingerprint density at radius 3 is 3.00 bits per heavy atom. The molecule has 7 heteroatoms. The van der Waals surface area contributed by atoms with Crippen molar-refractivity contribution in [2.45, 2.75) is 32.4 Å². The van der Waals surface area contributed by atoms with E-state index in [0.29, 0.717) is 18.8 Å². The van der Waals surface area contributed by atoms with Crippen molar-refractivity contribution in [2.24, 2.45) is 0 Å². The van der Waals surface area contributed by atoms with E-state index < -0.39 is 6.10 Å². The van der Waals surface area contributed by atoms with Gasteiger partial charge in [-0.2, -0.15) is 0 Å². The number of rotatable bonds is 4. The van der Waals surface area contributed by atoms with Crippen molar-refractivity contribution in [1.29, 1.82) is 0 Å². The highest BCUT2D eigenvalue weighted by Gasteiger charge is 2.20. The second kappa shape index (κ2) is 8.12. The molecular weight excluding hydrogens is 382 g/mol. The SMILES string of the molecule is Cc1oc2ccccc2c1CN(C)C(=O)/C=C/c1cnc2c(c1)C[C@@H](O)CC(=O)N2. The number of aliphatic hydroxyl groups excluding tert-OH is 1. The number of nitrogens with one attached hydrogen (secondary N) is 1. The van der Waals surface area contributed by atoms with Gasteiger partial charge in [-0.1, -0.05) is 18.2 Å². The highest BCUT2D eigenvalue weighted by molar-refractivity contribution is 5.93. The second-order valence-electron chi connectivity index (χ2n) is 7.55. The topological polar surface area (TPSA) is 95.7 Å². The Morgan fingerprint density at radius 1 is 1.37 bits per heavy atom. The summed E-state index contributed by atoms with van der Waals surface area (Å²) in [6, 6.07) is 9.61. The lowest BCUT2D eigenvalue weighted by atomic mass is 10.1. The summed E-state index contributed by atoms with van der Waals surface area (Å²) >= 11 is 0. The molecule has 3 aromatic rings. The standard InChI is InChI=1S/C23H23N3O4/c1-14-19(18-5-3-4-6-20(18)30-14)13-26(2)22(29)8-7-15-9-16-10-17(27)11-21(28)25-23(16)24-12-15/h3-9,12,17,27H,10-11,13H2,1-2H3,(H,24,25,28)/b8-7+/t17-/m1/s1. The highest BCUT2D eigenvalue weighted by atomic mass is 16.3. The van der Waals surface area contributed by atoms with Gasteiger partial charge in [0.1, 0.15) is 17.2 Å². The molecule has 2 amide bonds. The number of carbonyl (C=O) groups is 2. The third-order valence-corrected chi connectivity index (χ3v) is 5.21. The van der Waals surface area contributed by atoms with Crippen LogP contribution in [0.4, 0.5) is 5.82 Å². The van der Waals surface area contributed by atoms with Gasteiger partial charge in [0, 0.05) is 43.2 Å². The predicted octanol–water partition coefficient (Wildman–Crippen LogP) is 3.05. The van der Waals surface area contributed by atoms with Crippen LogP contribution in [0.25, 0.3) is 17.0 Å². The molecule has 0 radical (unpaired) electrons. The van der Waals surface area contributed by atoms with Gasteiger partial charge in [-0.15, -0.1) is 0 Å². The molecule has 1 aromatic carbocycles. The first-order valence-corrected chi connectivity index (χ1v) is 9.77. The van der Waals surface area contributed by atoms with Gasteiger partial charge in [0.05, 0.1) is 12.5 Å². The van der Waals surface area contributed by atoms with Gasteiger partial charge < -0.3 is 19.7 Å². The van der Waals surface area contributed by atoms with Crippen molar-refractivity contribution in [3.8, 4) is 0 Å². The van der Waals surface area contributed by atoms with Crippen LogP contribution in [0, 0.1) is 6.92 Å². The summed E-state index contributed by atoms with van der Waals surface area (Å²) in [6.45, 7) is 2.34. The molecule has 30 heavy (non-hydrogen) atoms. The number of aryl methyl sites for hydroxylation is 1. The molecule has 0 spiro atoms. The average Bonchev–Trinajstić information content (AvgIpc) is 2.93. The number of pyridine rings is 1. The fourth-order valence-corrected chi connectivity index (χ4v) is 3.64. The van der Waals surface area contributed by atoms with Crippen LogP contribution in [-0.4, -0.2) is 40.0 Å². The van der Waals surface area contributed by atoms with Gasteiger partial charge in [0.15, 0.2) is 0 Å². The monoisotopic (exact) mass is 405 g/mol. The number of anilines is 1. The van der Waals surface area contributed by atoms with Crippen LogP contribution in [0.5, 0.6) is 0 Å². The number of carbonyl (C=O) groups excluding carboxylic acids is 2. The molecule has 0 unspecified atom stereocenters. The van der Waals surface area contributed by atoms with Crippen molar-refractivity contribution in [3.63, 3.8) is 0 Å². The summed E-state index contributed by atoms with van der Waals surface area (Å²) in [4.78, 5) is 30.2. The molecule has 7 nitrogen and oxygen atoms in total. The van der Waals surface area contributed by atoms with E-state index in [0.717, 1.165) is 33.4 Å². The Balaban J connectivity index is 1.48. The Kier molecular flexibility index (Phi) is 5.37. The Hall–Kier alpha value is -3.45. The average molecular weight is 405 g/mol. The third-order valence-electron chi connectivity index (χ3n) is 5.21. The first kappa shape index (κ1) is 19.8. The number of fused-ring (bicyclic) bond motifs is 2. The number of hydrogen-bond donors (Lipinski definition) is 2. The lowest BCUT2D eigenvalue weighted by molar-refractivity contribution is -0.125. The minimum Gasteiger partial charge on any atom is -0.461 e. The summed E-state index contributed by atoms with van der Waals surface area (Å²) in [5.41, 5.74) is 3.28. The lowest BCUT2D eigenvalue weighted by Gasteiger charge is -2.15. The van der Waals surface area contributed by atoms with Crippen molar-refractivity contribution in [1.82, 2.24) is 9.88 Å². The number of likely N-dealkylation sites (N-methyl/N-ethyl adjacent to an activating group) is 1. The second-order valence-corrected chi connectivity index (χ2v) is 7.55. The van der Waals surface area contributed by atoms with E-state index in [1.54, 1.807) is 24.2 Å². The fraction of sp³-hybridized carbons (Fsp3) is 0.261. The van der Waals surface area contributed by atoms with Crippen LogP contribution in [-0.2, 0) is 22.6 Å². The van der Waals surface area contributed by atoms with Gasteiger partial charge in [-0.3, -0.25) is 9.59 Å². The summed E-state index contributed by atoms with van der Waals surface area (Å²) in [5, 5.41) is 13.6. The normalized spacial score (nSPS) is 16.4. The van der Waals surface area contributed by atoms with E-state index in [4.69, 9.17) is 4.42 Å². The number of para-hydroxylation sites is 1. The number of nitrogens with zero attached hydrogens (tertiary/aromatic N) is 2. The van der Waals surface area contributed by atoms with Crippen LogP contribution in [0.3, 0.4) is 0 Å². The van der Waals surface area contributed by atoms with Gasteiger partial charge in [-0.25, -0.2) is 4.98 Å². The molecule has 2 aromatic heterocycles. The zero-order valence-corrected chi connectivity index (χ0v) is 16.9. The van der Waals surface area contributed by atoms with E-state index in [2.05, 4.69) is 10.3 Å². The molecule has 4 rings (SSSR count). The number of furan rings is 1. The van der Waals surface area contributed by atoms with E-state index in [1.807, 2.05) is 37.3 Å². The zero-order valence-electron chi connectivity index (χ0n) is 16.9. The van der Waals surface area contributed by atoms with Crippen LogP contribution >= 0.6 is 0 Å². The maximum Gasteiger partial charge on any atom is 0.246 e. The molecule has 0 fully saturated rings. The van der Waals surface area contributed by atoms with Gasteiger partial charge in [0.25, 0.3) is 0 Å². The van der Waals surface area contributed by atoms with E-state index in [-0.39, 0.29) is 18.2 Å². The molecule has 0 aliphatic carbocycles. The van der Waals surface area contributed by atoms with Crippen LogP contribution in [0.2, 0.25) is 0 Å². The number of hydrogen-bond acceptors (Lipinski definition) is 5. The highest BCUT2D eigenvalue weighted by Crippen LogP contribution is 2.26. The van der Waals surface area contributed by atoms with Crippen molar-refractivity contribution in [2.75, 3.05) is 12.4 Å². The number of benzene rings is 1. The first-order chi connectivity index (χ1) is 14.4. The predicted molar refractivity (Wildman–Crippen MR) is 114 cm³/mol. The van der Waals surface area contributed by atoms with Crippen molar-refractivity contribution >= 4 is 34.7 Å². The maximum atomic E-state index is 12.6. The molecule has 0 bridgehead atoms. The number of aliphatic hydroxyl groups is 1. The molecule has 154 valence electrons. The largest absolute Gasteiger partial charge is 0.461 e. The van der Waals surface area contributed by atoms with E-state index in [9.17, 15) is 14.7 Å². The Labute approximate surface area is 174 Å². The van der Waals surface area contributed by atoms with Crippen LogP contribution in [0.1, 0.15) is 28.9 Å². The van der Waals surface area contributed by atoms with Gasteiger partial charge in [0.2, 0.25) is 11.8 Å². The minimum atomic E-state index is -0.743. The maximum absolute atomic E-state index is 12.6. The molecule has 0 saturated heterocycles. The molecule has 3 heterocycles. The van der Waals surface area contributed by atoms with Crippen LogP contribution < -0.4 is 5.32 Å². The number of amides is 2. The zero-order chi connectivity index (χ0) is 21.3. The smallest absolute Gasteiger partial charge is 0.246 e. The third kappa shape index (κ3) is 4.11. The number of aromatic nitrogens is 1. The summed E-state index contributed by atoms with van der Waals surface area (Å²) < 4.78 is 5.77. The summed E-state index contributed by atoms with van der Waals surface area (Å²) in [5.74, 6) is 0.855. The summed E-state index contributed by atoms with van der Waals surface area (Å²) in [6.07, 6.45) is 4.41. The molecular formula is C23H23N3O4. The van der Waals surface area contributed by atoms with Gasteiger partial charge >= 0.3 is 0 Å². The minimum absolute atomic E-state index is 0.0485. The Bertz CT molecular complexity index is 1150. The Morgan fingerprint density at radius 2 is 2.17 bits per heavy atom. The van der Waals surface area contributed by atoms with E-state index >= 15 is 0 Å². The first-order valence-electron chi connectivity index (χ1n) is 9.77. The fourth-order valence-electron chi connectivity index (χ4n) is 3.64.